The summed E-state index contributed by atoms with van der Waals surface area (Å²) in [6.45, 7) is 2.60. The van der Waals surface area contributed by atoms with Crippen LogP contribution in [-0.2, 0) is 19.1 Å². The molecule has 0 aromatic rings. The molecule has 116 valence electrons. The Morgan fingerprint density at radius 2 is 2.05 bits per heavy atom. The molecule has 0 spiro atoms. The Balaban J connectivity index is 2.84. The van der Waals surface area contributed by atoms with Crippen LogP contribution in [0.25, 0.3) is 0 Å². The van der Waals surface area contributed by atoms with E-state index < -0.39 is 29.8 Å². The molecule has 1 aliphatic carbocycles. The van der Waals surface area contributed by atoms with E-state index in [1.54, 1.807) is 0 Å². The van der Waals surface area contributed by atoms with Gasteiger partial charge in [-0.3, -0.25) is 19.4 Å². The van der Waals surface area contributed by atoms with Crippen molar-refractivity contribution in [3.05, 3.63) is 0 Å². The molecular weight excluding hydrogens is 276 g/mol. The Labute approximate surface area is 122 Å². The van der Waals surface area contributed by atoms with Crippen molar-refractivity contribution < 1.29 is 19.1 Å². The lowest BCUT2D eigenvalue weighted by molar-refractivity contribution is -0.152. The minimum Gasteiger partial charge on any atom is -0.453 e. The number of amides is 2. The maximum absolute atomic E-state index is 11.9. The van der Waals surface area contributed by atoms with E-state index in [0.717, 1.165) is 25.5 Å². The summed E-state index contributed by atoms with van der Waals surface area (Å²) in [7, 11) is 0. The Kier molecular flexibility index (Phi) is 6.01. The zero-order valence-electron chi connectivity index (χ0n) is 12.1. The van der Waals surface area contributed by atoms with Gasteiger partial charge in [0.2, 0.25) is 5.91 Å². The highest BCUT2D eigenvalue weighted by molar-refractivity contribution is 6.18. The first-order valence-corrected chi connectivity index (χ1v) is 6.70. The first kappa shape index (κ1) is 16.8. The second-order valence-corrected chi connectivity index (χ2v) is 4.89. The van der Waals surface area contributed by atoms with Crippen LogP contribution < -0.4 is 11.1 Å². The highest BCUT2D eigenvalue weighted by Crippen LogP contribution is 2.22. The van der Waals surface area contributed by atoms with E-state index in [-0.39, 0.29) is 11.9 Å². The Morgan fingerprint density at radius 1 is 1.43 bits per heavy atom. The predicted molar refractivity (Wildman–Crippen MR) is 75.9 cm³/mol. The molecule has 2 amide bonds. The van der Waals surface area contributed by atoms with Gasteiger partial charge < -0.3 is 21.2 Å². The van der Waals surface area contributed by atoms with Gasteiger partial charge in [0.25, 0.3) is 5.91 Å². The molecule has 21 heavy (non-hydrogen) atoms. The molecule has 0 radical (unpaired) electrons. The number of nitrogens with zero attached hydrogens (tertiary/aromatic N) is 1. The Bertz CT molecular complexity index is 471. The van der Waals surface area contributed by atoms with E-state index in [1.807, 2.05) is 0 Å². The summed E-state index contributed by atoms with van der Waals surface area (Å²) in [4.78, 5) is 38.4. The largest absolute Gasteiger partial charge is 0.453 e. The van der Waals surface area contributed by atoms with Crippen LogP contribution in [0, 0.1) is 11.3 Å². The van der Waals surface area contributed by atoms with E-state index in [0.29, 0.717) is 0 Å². The summed E-state index contributed by atoms with van der Waals surface area (Å²) in [6.07, 6.45) is 2.57. The zero-order valence-corrected chi connectivity index (χ0v) is 12.1. The molecule has 8 heteroatoms. The van der Waals surface area contributed by atoms with Crippen LogP contribution in [0.5, 0.6) is 0 Å². The van der Waals surface area contributed by atoms with E-state index in [4.69, 9.17) is 15.9 Å². The van der Waals surface area contributed by atoms with Crippen molar-refractivity contribution in [3.63, 3.8) is 0 Å². The molecule has 1 fully saturated rings. The number of carbonyl (C=O) groups is 3. The number of aliphatic imine (C=N–C) groups is 1. The summed E-state index contributed by atoms with van der Waals surface area (Å²) < 4.78 is 4.75. The van der Waals surface area contributed by atoms with E-state index in [2.05, 4.69) is 10.3 Å². The quantitative estimate of drug-likeness (QED) is 0.354. The van der Waals surface area contributed by atoms with Gasteiger partial charge in [-0.2, -0.15) is 0 Å². The molecule has 2 atom stereocenters. The van der Waals surface area contributed by atoms with Gasteiger partial charge in [-0.25, -0.2) is 0 Å². The standard InChI is InChI=1S/C13H20N4O4/c1-7(21-8(2)18)13(20)17-12(10(6-14)11(15)19)16-9-4-3-5-9/h6-7,9-10,14H,3-5H2,1-2H3,(H2,15,19)(H,16,17,20). The third-order valence-corrected chi connectivity index (χ3v) is 3.13. The van der Waals surface area contributed by atoms with Crippen LogP contribution in [0.2, 0.25) is 0 Å². The van der Waals surface area contributed by atoms with Crippen LogP contribution in [0.3, 0.4) is 0 Å². The summed E-state index contributed by atoms with van der Waals surface area (Å²) in [6, 6.07) is 0.0196. The van der Waals surface area contributed by atoms with Crippen molar-refractivity contribution in [2.24, 2.45) is 16.6 Å². The first-order chi connectivity index (χ1) is 9.85. The highest BCUT2D eigenvalue weighted by atomic mass is 16.5. The topological polar surface area (TPSA) is 135 Å². The summed E-state index contributed by atoms with van der Waals surface area (Å²) in [5.74, 6) is -3.04. The third kappa shape index (κ3) is 4.97. The number of amidine groups is 1. The molecule has 1 saturated carbocycles. The summed E-state index contributed by atoms with van der Waals surface area (Å²) in [5, 5.41) is 9.70. The smallest absolute Gasteiger partial charge is 0.303 e. The van der Waals surface area contributed by atoms with Crippen LogP contribution >= 0.6 is 0 Å². The number of primary amides is 1. The van der Waals surface area contributed by atoms with Gasteiger partial charge in [0.15, 0.2) is 6.10 Å². The SMILES string of the molecule is CC(=O)OC(C)C(=O)NC(=NC1CCC1)C(C=N)C(N)=O. The van der Waals surface area contributed by atoms with Crippen LogP contribution in [0.1, 0.15) is 33.1 Å². The van der Waals surface area contributed by atoms with E-state index in [1.165, 1.54) is 13.8 Å². The summed E-state index contributed by atoms with van der Waals surface area (Å²) >= 11 is 0. The van der Waals surface area contributed by atoms with Crippen molar-refractivity contribution >= 4 is 29.8 Å². The lowest BCUT2D eigenvalue weighted by atomic mass is 9.93. The van der Waals surface area contributed by atoms with Crippen LogP contribution in [-0.4, -0.2) is 42.0 Å². The molecule has 0 heterocycles. The van der Waals surface area contributed by atoms with Crippen molar-refractivity contribution in [1.82, 2.24) is 5.32 Å². The zero-order chi connectivity index (χ0) is 16.0. The van der Waals surface area contributed by atoms with Gasteiger partial charge in [0, 0.05) is 13.1 Å². The van der Waals surface area contributed by atoms with Gasteiger partial charge in [0.05, 0.1) is 6.04 Å². The monoisotopic (exact) mass is 296 g/mol. The fraction of sp³-hybridized carbons (Fsp3) is 0.615. The number of rotatable bonds is 6. The maximum Gasteiger partial charge on any atom is 0.303 e. The molecule has 0 aromatic carbocycles. The predicted octanol–water partition coefficient (Wildman–Crippen LogP) is -0.244. The van der Waals surface area contributed by atoms with Crippen molar-refractivity contribution in [1.29, 1.82) is 5.41 Å². The third-order valence-electron chi connectivity index (χ3n) is 3.13. The molecule has 0 aliphatic heterocycles. The Morgan fingerprint density at radius 3 is 2.43 bits per heavy atom. The molecule has 4 N–H and O–H groups in total. The van der Waals surface area contributed by atoms with Crippen molar-refractivity contribution in [3.8, 4) is 0 Å². The van der Waals surface area contributed by atoms with Crippen molar-refractivity contribution in [2.45, 2.75) is 45.3 Å². The molecule has 2 unspecified atom stereocenters. The van der Waals surface area contributed by atoms with Gasteiger partial charge in [0.1, 0.15) is 11.8 Å². The van der Waals surface area contributed by atoms with Gasteiger partial charge in [-0.1, -0.05) is 0 Å². The average molecular weight is 296 g/mol. The van der Waals surface area contributed by atoms with Crippen LogP contribution in [0.15, 0.2) is 4.99 Å². The molecule has 8 nitrogen and oxygen atoms in total. The second-order valence-electron chi connectivity index (χ2n) is 4.89. The average Bonchev–Trinajstić information content (AvgIpc) is 2.32. The minimum atomic E-state index is -1.10. The van der Waals surface area contributed by atoms with Gasteiger partial charge in [-0.15, -0.1) is 0 Å². The second kappa shape index (κ2) is 7.51. The fourth-order valence-electron chi connectivity index (χ4n) is 1.73. The number of esters is 1. The minimum absolute atomic E-state index is 0.0196. The molecule has 0 aromatic heterocycles. The normalized spacial score (nSPS) is 18.1. The number of ether oxygens (including phenoxy) is 1. The fourth-order valence-corrected chi connectivity index (χ4v) is 1.73. The molecule has 0 saturated heterocycles. The molecule has 0 bridgehead atoms. The number of carbonyl (C=O) groups excluding carboxylic acids is 3. The van der Waals surface area contributed by atoms with Crippen LogP contribution in [0.4, 0.5) is 0 Å². The number of nitrogens with two attached hydrogens (primary N) is 1. The molecule has 1 rings (SSSR count). The first-order valence-electron chi connectivity index (χ1n) is 6.70. The van der Waals surface area contributed by atoms with Crippen molar-refractivity contribution in [2.75, 3.05) is 0 Å². The number of nitrogens with one attached hydrogen (secondary N) is 2. The van der Waals surface area contributed by atoms with E-state index in [9.17, 15) is 14.4 Å². The van der Waals surface area contributed by atoms with E-state index >= 15 is 0 Å². The molecular formula is C13H20N4O4. The number of hydrogen-bond acceptors (Lipinski definition) is 6. The maximum atomic E-state index is 11.9. The lowest BCUT2D eigenvalue weighted by Crippen LogP contribution is -2.47. The molecule has 1 aliphatic rings. The lowest BCUT2D eigenvalue weighted by Gasteiger charge is -2.24. The van der Waals surface area contributed by atoms with Gasteiger partial charge in [-0.05, 0) is 26.2 Å². The number of hydrogen-bond donors (Lipinski definition) is 3. The van der Waals surface area contributed by atoms with Gasteiger partial charge >= 0.3 is 5.97 Å². The summed E-state index contributed by atoms with van der Waals surface area (Å²) in [5.41, 5.74) is 5.21. The Hall–Kier alpha value is -2.25. The highest BCUT2D eigenvalue weighted by Gasteiger charge is 2.27.